The Bertz CT molecular complexity index is 876. The number of thioether (sulfide) groups is 1. The first kappa shape index (κ1) is 16.4. The van der Waals surface area contributed by atoms with E-state index in [4.69, 9.17) is 12.2 Å². The first-order chi connectivity index (χ1) is 11.5. The Morgan fingerprint density at radius 3 is 2.46 bits per heavy atom. The highest BCUT2D eigenvalue weighted by Crippen LogP contribution is 2.37. The van der Waals surface area contributed by atoms with Crippen LogP contribution in [0.5, 0.6) is 0 Å². The van der Waals surface area contributed by atoms with Gasteiger partial charge in [-0.3, -0.25) is 19.8 Å². The summed E-state index contributed by atoms with van der Waals surface area (Å²) in [5.41, 5.74) is 2.46. The molecule has 7 heteroatoms. The molecule has 1 aliphatic heterocycles. The third kappa shape index (κ3) is 3.08. The van der Waals surface area contributed by atoms with E-state index in [-0.39, 0.29) is 11.6 Å². The van der Waals surface area contributed by atoms with Crippen molar-refractivity contribution in [1.29, 1.82) is 0 Å². The van der Waals surface area contributed by atoms with Gasteiger partial charge in [-0.15, -0.1) is 0 Å². The lowest BCUT2D eigenvalue weighted by molar-refractivity contribution is -0.384. The molecule has 3 rings (SSSR count). The lowest BCUT2D eigenvalue weighted by Crippen LogP contribution is -2.28. The van der Waals surface area contributed by atoms with Gasteiger partial charge in [-0.2, -0.15) is 0 Å². The average Bonchev–Trinajstić information content (AvgIpc) is 2.83. The fraction of sp³-hybridized carbons (Fsp3) is 0.0588. The fourth-order valence-electron chi connectivity index (χ4n) is 2.33. The molecule has 5 nitrogen and oxygen atoms in total. The Labute approximate surface area is 148 Å². The number of hydrogen-bond acceptors (Lipinski definition) is 5. The number of nitrogens with zero attached hydrogens (tertiary/aromatic N) is 2. The molecule has 2 aromatic carbocycles. The summed E-state index contributed by atoms with van der Waals surface area (Å²) in [6, 6.07) is 13.6. The Morgan fingerprint density at radius 1 is 1.17 bits per heavy atom. The van der Waals surface area contributed by atoms with Crippen LogP contribution in [0, 0.1) is 17.0 Å². The van der Waals surface area contributed by atoms with Gasteiger partial charge in [0.15, 0.2) is 4.32 Å². The number of benzene rings is 2. The summed E-state index contributed by atoms with van der Waals surface area (Å²) in [5.74, 6) is -0.183. The van der Waals surface area contributed by atoms with Gasteiger partial charge >= 0.3 is 0 Å². The van der Waals surface area contributed by atoms with Crippen LogP contribution < -0.4 is 4.90 Å². The highest BCUT2D eigenvalue weighted by atomic mass is 32.2. The fourth-order valence-corrected chi connectivity index (χ4v) is 3.62. The number of rotatable bonds is 3. The number of thiocarbonyl (C=S) groups is 1. The zero-order valence-electron chi connectivity index (χ0n) is 12.6. The number of amides is 1. The zero-order chi connectivity index (χ0) is 17.3. The number of anilines is 1. The van der Waals surface area contributed by atoms with E-state index in [0.29, 0.717) is 14.8 Å². The second kappa shape index (κ2) is 6.54. The Kier molecular flexibility index (Phi) is 4.46. The summed E-state index contributed by atoms with van der Waals surface area (Å²) < 4.78 is 0.475. The van der Waals surface area contributed by atoms with Crippen molar-refractivity contribution in [3.63, 3.8) is 0 Å². The van der Waals surface area contributed by atoms with E-state index in [1.807, 2.05) is 31.2 Å². The van der Waals surface area contributed by atoms with Crippen molar-refractivity contribution in [2.75, 3.05) is 4.90 Å². The van der Waals surface area contributed by atoms with Crippen LogP contribution in [-0.2, 0) is 4.79 Å². The molecule has 2 aromatic rings. The largest absolute Gasteiger partial charge is 0.270 e. The minimum Gasteiger partial charge on any atom is -0.268 e. The Hall–Kier alpha value is -2.51. The summed E-state index contributed by atoms with van der Waals surface area (Å²) in [7, 11) is 0. The molecule has 0 atom stereocenters. The van der Waals surface area contributed by atoms with Crippen molar-refractivity contribution in [1.82, 2.24) is 0 Å². The molecular weight excluding hydrogens is 344 g/mol. The minimum atomic E-state index is -0.457. The summed E-state index contributed by atoms with van der Waals surface area (Å²) >= 11 is 6.57. The summed E-state index contributed by atoms with van der Waals surface area (Å²) in [4.78, 5) is 24.9. The van der Waals surface area contributed by atoms with E-state index < -0.39 is 4.92 Å². The second-order valence-corrected chi connectivity index (χ2v) is 6.83. The molecule has 1 fully saturated rings. The van der Waals surface area contributed by atoms with Crippen LogP contribution in [0.3, 0.4) is 0 Å². The maximum atomic E-state index is 12.7. The van der Waals surface area contributed by atoms with Crippen LogP contribution in [-0.4, -0.2) is 15.2 Å². The van der Waals surface area contributed by atoms with Crippen LogP contribution in [0.15, 0.2) is 53.4 Å². The molecule has 1 heterocycles. The van der Waals surface area contributed by atoms with Crippen LogP contribution in [0.25, 0.3) is 6.08 Å². The molecule has 0 spiro atoms. The lowest BCUT2D eigenvalue weighted by Gasteiger charge is -2.16. The van der Waals surface area contributed by atoms with Crippen molar-refractivity contribution in [3.8, 4) is 0 Å². The number of nitro benzene ring substituents is 1. The van der Waals surface area contributed by atoms with E-state index in [1.54, 1.807) is 18.2 Å². The number of aryl methyl sites for hydroxylation is 1. The van der Waals surface area contributed by atoms with Crippen LogP contribution in [0.2, 0.25) is 0 Å². The number of nitro groups is 1. The van der Waals surface area contributed by atoms with Gasteiger partial charge in [-0.25, -0.2) is 0 Å². The Morgan fingerprint density at radius 2 is 1.83 bits per heavy atom. The molecule has 1 aliphatic rings. The van der Waals surface area contributed by atoms with Crippen LogP contribution in [0.4, 0.5) is 11.4 Å². The minimum absolute atomic E-state index is 0.0135. The number of non-ortho nitro benzene ring substituents is 1. The van der Waals surface area contributed by atoms with Crippen molar-refractivity contribution in [2.45, 2.75) is 6.92 Å². The quantitative estimate of drug-likeness (QED) is 0.355. The van der Waals surface area contributed by atoms with Crippen molar-refractivity contribution in [3.05, 3.63) is 74.7 Å². The summed E-state index contributed by atoms with van der Waals surface area (Å²) in [6.45, 7) is 1.92. The third-order valence-corrected chi connectivity index (χ3v) is 4.85. The van der Waals surface area contributed by atoms with Gasteiger partial charge in [-0.1, -0.05) is 42.2 Å². The van der Waals surface area contributed by atoms with Gasteiger partial charge < -0.3 is 0 Å². The summed E-state index contributed by atoms with van der Waals surface area (Å²) in [5, 5.41) is 10.7. The van der Waals surface area contributed by atoms with Crippen molar-refractivity contribution in [2.24, 2.45) is 0 Å². The molecule has 0 unspecified atom stereocenters. The van der Waals surface area contributed by atoms with E-state index in [2.05, 4.69) is 0 Å². The van der Waals surface area contributed by atoms with Crippen LogP contribution >= 0.6 is 24.0 Å². The van der Waals surface area contributed by atoms with Crippen molar-refractivity contribution < 1.29 is 9.72 Å². The van der Waals surface area contributed by atoms with Crippen molar-refractivity contribution >= 4 is 51.7 Å². The maximum absolute atomic E-state index is 12.7. The normalized spacial score (nSPS) is 16.0. The molecule has 0 aliphatic carbocycles. The first-order valence-corrected chi connectivity index (χ1v) is 8.28. The van der Waals surface area contributed by atoms with Gasteiger partial charge in [0.05, 0.1) is 15.5 Å². The van der Waals surface area contributed by atoms with Gasteiger partial charge in [0.1, 0.15) is 0 Å². The first-order valence-electron chi connectivity index (χ1n) is 7.05. The topological polar surface area (TPSA) is 63.5 Å². The molecule has 0 bridgehead atoms. The Balaban J connectivity index is 1.91. The third-order valence-electron chi connectivity index (χ3n) is 3.55. The molecule has 0 N–H and O–H groups in total. The predicted octanol–water partition coefficient (Wildman–Crippen LogP) is 4.31. The molecule has 0 radical (unpaired) electrons. The molecule has 120 valence electrons. The molecular formula is C17H12N2O3S2. The highest BCUT2D eigenvalue weighted by molar-refractivity contribution is 8.27. The average molecular weight is 356 g/mol. The molecule has 1 saturated heterocycles. The van der Waals surface area contributed by atoms with Crippen LogP contribution in [0.1, 0.15) is 11.1 Å². The second-order valence-electron chi connectivity index (χ2n) is 5.15. The summed E-state index contributed by atoms with van der Waals surface area (Å²) in [6.07, 6.45) is 1.70. The standard InChI is InChI=1S/C17H12N2O3S2/c1-11-4-2-3-5-14(11)18-16(20)15(24-17(18)23)10-12-6-8-13(9-7-12)19(21)22/h2-10H,1H3/b15-10+. The number of carbonyl (C=O) groups is 1. The van der Waals surface area contributed by atoms with Gasteiger partial charge in [0.25, 0.3) is 11.6 Å². The zero-order valence-corrected chi connectivity index (χ0v) is 14.3. The number of para-hydroxylation sites is 1. The number of carbonyl (C=O) groups excluding carboxylic acids is 1. The lowest BCUT2D eigenvalue weighted by atomic mass is 10.1. The van der Waals surface area contributed by atoms with E-state index in [0.717, 1.165) is 11.3 Å². The van der Waals surface area contributed by atoms with E-state index in [1.165, 1.54) is 28.8 Å². The van der Waals surface area contributed by atoms with E-state index in [9.17, 15) is 14.9 Å². The molecule has 24 heavy (non-hydrogen) atoms. The van der Waals surface area contributed by atoms with E-state index >= 15 is 0 Å². The predicted molar refractivity (Wildman–Crippen MR) is 99.9 cm³/mol. The smallest absolute Gasteiger partial charge is 0.268 e. The van der Waals surface area contributed by atoms with Gasteiger partial charge in [-0.05, 0) is 42.3 Å². The molecule has 1 amide bonds. The maximum Gasteiger partial charge on any atom is 0.270 e. The monoisotopic (exact) mass is 356 g/mol. The van der Waals surface area contributed by atoms with Gasteiger partial charge in [0.2, 0.25) is 0 Å². The molecule has 0 saturated carbocycles. The highest BCUT2D eigenvalue weighted by Gasteiger charge is 2.33. The SMILES string of the molecule is Cc1ccccc1N1C(=O)/C(=C\c2ccc([N+](=O)[O-])cc2)SC1=S. The number of hydrogen-bond donors (Lipinski definition) is 0. The van der Waals surface area contributed by atoms with Gasteiger partial charge in [0, 0.05) is 12.1 Å². The molecule has 0 aromatic heterocycles.